The Morgan fingerprint density at radius 1 is 0.958 bits per heavy atom. The average molecular weight is 342 g/mol. The maximum absolute atomic E-state index is 11.3. The molecule has 0 amide bonds. The molecule has 0 aromatic heterocycles. The van der Waals surface area contributed by atoms with Crippen molar-refractivity contribution in [1.29, 1.82) is 0 Å². The first-order valence-electron chi connectivity index (χ1n) is 8.54. The van der Waals surface area contributed by atoms with Gasteiger partial charge < -0.3 is 20.4 Å². The Balaban J connectivity index is 1.67. The van der Waals surface area contributed by atoms with Gasteiger partial charge >= 0.3 is 5.97 Å². The number of rotatable bonds is 10. The van der Waals surface area contributed by atoms with Gasteiger partial charge in [0.25, 0.3) is 0 Å². The van der Waals surface area contributed by atoms with Gasteiger partial charge in [0.2, 0.25) is 0 Å². The molecule has 2 rings (SSSR count). The van der Waals surface area contributed by atoms with Gasteiger partial charge in [0.15, 0.2) is 0 Å². The number of aliphatic hydroxyl groups excluding tert-OH is 3. The van der Waals surface area contributed by atoms with E-state index in [1.807, 2.05) is 4.90 Å². The lowest BCUT2D eigenvalue weighted by molar-refractivity contribution is -0.156. The lowest BCUT2D eigenvalue weighted by atomic mass is 9.83. The van der Waals surface area contributed by atoms with Crippen LogP contribution in [0.1, 0.15) is 38.5 Å². The van der Waals surface area contributed by atoms with Crippen LogP contribution in [0, 0.1) is 5.92 Å². The number of likely N-dealkylation sites (tertiary alicyclic amines) is 1. The molecule has 0 aromatic rings. The quantitative estimate of drug-likeness (QED) is 0.149. The van der Waals surface area contributed by atoms with Gasteiger partial charge in [-0.3, -0.25) is 9.69 Å². The standard InChI is InChI=1S/C15H26N4O5/c16-18-17-7-5-3-1-2-4-6-8-19-10-9(15(23)24)12(20)14(22)13(21)11(10)19/h9-14,20-22H,1-8H2,(H,23,24)/t9-,10-,11?,12-,13+,14+,19?/m1/s1. The number of unbranched alkanes of at least 4 members (excludes halogenated alkanes) is 5. The molecule has 2 unspecified atom stereocenters. The molecule has 4 N–H and O–H groups in total. The second-order valence-electron chi connectivity index (χ2n) is 6.63. The third-order valence-electron chi connectivity index (χ3n) is 5.08. The number of carboxylic acid groups (broad SMARTS) is 1. The summed E-state index contributed by atoms with van der Waals surface area (Å²) in [6.07, 6.45) is 1.97. The molecule has 1 saturated carbocycles. The summed E-state index contributed by atoms with van der Waals surface area (Å²) in [4.78, 5) is 15.9. The maximum atomic E-state index is 11.3. The van der Waals surface area contributed by atoms with E-state index in [-0.39, 0.29) is 12.1 Å². The van der Waals surface area contributed by atoms with Crippen molar-refractivity contribution in [2.24, 2.45) is 11.0 Å². The zero-order chi connectivity index (χ0) is 17.7. The Labute approximate surface area is 140 Å². The molecule has 24 heavy (non-hydrogen) atoms. The molecule has 1 saturated heterocycles. The first-order valence-corrected chi connectivity index (χ1v) is 8.54. The molecule has 1 aliphatic carbocycles. The number of nitrogens with zero attached hydrogens (tertiary/aromatic N) is 4. The van der Waals surface area contributed by atoms with Crippen molar-refractivity contribution in [3.63, 3.8) is 0 Å². The summed E-state index contributed by atoms with van der Waals surface area (Å²) in [6, 6.07) is -0.756. The van der Waals surface area contributed by atoms with Gasteiger partial charge in [-0.05, 0) is 24.9 Å². The molecule has 9 nitrogen and oxygen atoms in total. The first-order chi connectivity index (χ1) is 11.5. The number of aliphatic carboxylic acids is 1. The number of hydrogen-bond donors (Lipinski definition) is 4. The third kappa shape index (κ3) is 4.17. The molecule has 2 aliphatic rings. The molecule has 1 aliphatic heterocycles. The van der Waals surface area contributed by atoms with Gasteiger partial charge in [-0.2, -0.15) is 0 Å². The average Bonchev–Trinajstić information content (AvgIpc) is 3.24. The Hall–Kier alpha value is -1.38. The van der Waals surface area contributed by atoms with Crippen molar-refractivity contribution in [2.75, 3.05) is 13.1 Å². The summed E-state index contributed by atoms with van der Waals surface area (Å²) in [5, 5.41) is 42.4. The fourth-order valence-electron chi connectivity index (χ4n) is 3.77. The minimum absolute atomic E-state index is 0.367. The van der Waals surface area contributed by atoms with Crippen LogP contribution in [0.4, 0.5) is 0 Å². The highest BCUT2D eigenvalue weighted by atomic mass is 16.4. The number of carbonyl (C=O) groups is 1. The monoisotopic (exact) mass is 342 g/mol. The van der Waals surface area contributed by atoms with Crippen LogP contribution < -0.4 is 0 Å². The highest BCUT2D eigenvalue weighted by Gasteiger charge is 2.65. The summed E-state index contributed by atoms with van der Waals surface area (Å²) in [5.41, 5.74) is 8.16. The van der Waals surface area contributed by atoms with E-state index in [0.29, 0.717) is 13.1 Å². The largest absolute Gasteiger partial charge is 0.481 e. The predicted octanol–water partition coefficient (Wildman–Crippen LogP) is 0.487. The lowest BCUT2D eigenvalue weighted by Crippen LogP contribution is -2.53. The summed E-state index contributed by atoms with van der Waals surface area (Å²) in [6.45, 7) is 1.20. The van der Waals surface area contributed by atoms with Crippen molar-refractivity contribution in [1.82, 2.24) is 4.90 Å². The summed E-state index contributed by atoms with van der Waals surface area (Å²) in [5.74, 6) is -2.18. The van der Waals surface area contributed by atoms with Crippen LogP contribution in [0.2, 0.25) is 0 Å². The van der Waals surface area contributed by atoms with Crippen molar-refractivity contribution in [2.45, 2.75) is 68.9 Å². The zero-order valence-electron chi connectivity index (χ0n) is 13.6. The highest BCUT2D eigenvalue weighted by Crippen LogP contribution is 2.44. The van der Waals surface area contributed by atoms with Gasteiger partial charge in [-0.15, -0.1) is 0 Å². The van der Waals surface area contributed by atoms with Crippen LogP contribution in [-0.4, -0.2) is 74.8 Å². The second-order valence-corrected chi connectivity index (χ2v) is 6.63. The van der Waals surface area contributed by atoms with E-state index < -0.39 is 30.2 Å². The highest BCUT2D eigenvalue weighted by molar-refractivity contribution is 5.73. The fraction of sp³-hybridized carbons (Fsp3) is 0.933. The molecule has 0 spiro atoms. The third-order valence-corrected chi connectivity index (χ3v) is 5.08. The Bertz CT molecular complexity index is 484. The molecule has 1 heterocycles. The number of fused-ring (bicyclic) bond motifs is 1. The SMILES string of the molecule is [N-]=[N+]=NCCCCCCCCN1C2[C@H](O)[C@@H](O)[C@H](O)[C@H](C(=O)O)[C@H]21. The number of hydrogen-bond acceptors (Lipinski definition) is 6. The van der Waals surface area contributed by atoms with Crippen LogP contribution in [0.3, 0.4) is 0 Å². The molecule has 136 valence electrons. The predicted molar refractivity (Wildman–Crippen MR) is 85.1 cm³/mol. The van der Waals surface area contributed by atoms with Crippen molar-refractivity contribution < 1.29 is 25.2 Å². The molecule has 2 fully saturated rings. The van der Waals surface area contributed by atoms with Crippen LogP contribution in [0.5, 0.6) is 0 Å². The molecule has 7 atom stereocenters. The van der Waals surface area contributed by atoms with Gasteiger partial charge in [-0.25, -0.2) is 0 Å². The smallest absolute Gasteiger partial charge is 0.310 e. The topological polar surface area (TPSA) is 150 Å². The van der Waals surface area contributed by atoms with Crippen LogP contribution in [0.15, 0.2) is 5.11 Å². The van der Waals surface area contributed by atoms with Gasteiger partial charge in [-0.1, -0.05) is 30.8 Å². The van der Waals surface area contributed by atoms with E-state index in [9.17, 15) is 25.2 Å². The molecule has 0 aromatic carbocycles. The van der Waals surface area contributed by atoms with Crippen LogP contribution >= 0.6 is 0 Å². The van der Waals surface area contributed by atoms with Crippen LogP contribution in [-0.2, 0) is 4.79 Å². The normalized spacial score (nSPS) is 37.4. The van der Waals surface area contributed by atoms with Crippen molar-refractivity contribution in [3.8, 4) is 0 Å². The minimum Gasteiger partial charge on any atom is -0.481 e. The summed E-state index contributed by atoms with van der Waals surface area (Å²) < 4.78 is 0. The zero-order valence-corrected chi connectivity index (χ0v) is 13.6. The molecular formula is C15H26N4O5. The Morgan fingerprint density at radius 2 is 1.58 bits per heavy atom. The number of aliphatic hydroxyl groups is 3. The van der Waals surface area contributed by atoms with E-state index in [1.54, 1.807) is 0 Å². The summed E-state index contributed by atoms with van der Waals surface area (Å²) in [7, 11) is 0. The van der Waals surface area contributed by atoms with E-state index in [4.69, 9.17) is 5.53 Å². The van der Waals surface area contributed by atoms with E-state index >= 15 is 0 Å². The van der Waals surface area contributed by atoms with E-state index in [1.165, 1.54) is 0 Å². The Kier molecular flexibility index (Phi) is 6.82. The maximum Gasteiger partial charge on any atom is 0.310 e. The Morgan fingerprint density at radius 3 is 2.21 bits per heavy atom. The summed E-state index contributed by atoms with van der Waals surface area (Å²) >= 11 is 0. The molecular weight excluding hydrogens is 316 g/mol. The first kappa shape index (κ1) is 19.0. The van der Waals surface area contributed by atoms with Crippen molar-refractivity contribution >= 4 is 5.97 Å². The number of azide groups is 1. The van der Waals surface area contributed by atoms with Gasteiger partial charge in [0, 0.05) is 17.5 Å². The van der Waals surface area contributed by atoms with E-state index in [2.05, 4.69) is 10.0 Å². The lowest BCUT2D eigenvalue weighted by Gasteiger charge is -2.30. The van der Waals surface area contributed by atoms with Crippen LogP contribution in [0.25, 0.3) is 10.4 Å². The molecule has 0 bridgehead atoms. The number of carboxylic acids is 1. The second kappa shape index (κ2) is 8.64. The van der Waals surface area contributed by atoms with Crippen molar-refractivity contribution in [3.05, 3.63) is 10.4 Å². The van der Waals surface area contributed by atoms with E-state index in [0.717, 1.165) is 38.5 Å². The minimum atomic E-state index is -1.43. The molecule has 9 heteroatoms. The van der Waals surface area contributed by atoms with Gasteiger partial charge in [0.1, 0.15) is 12.0 Å². The fourth-order valence-corrected chi connectivity index (χ4v) is 3.77. The van der Waals surface area contributed by atoms with Gasteiger partial charge in [0.05, 0.1) is 18.2 Å². The molecule has 0 radical (unpaired) electrons.